The Morgan fingerprint density at radius 2 is 2.00 bits per heavy atom. The van der Waals surface area contributed by atoms with Gasteiger partial charge in [-0.1, -0.05) is 6.42 Å². The standard InChI is InChI=1S/C14H21N3O/c1-10-6-7-15-13(16-10)14(18)8-11-4-3-5-12(9-14)17(11)2/h6-7,11-12,18H,3-5,8-9H2,1-2H3. The molecule has 3 rings (SSSR count). The predicted octanol–water partition coefficient (Wildman–Crippen LogP) is 1.62. The van der Waals surface area contributed by atoms with Crippen molar-refractivity contribution in [2.75, 3.05) is 7.05 Å². The Morgan fingerprint density at radius 1 is 1.33 bits per heavy atom. The molecule has 0 amide bonds. The van der Waals surface area contributed by atoms with E-state index in [4.69, 9.17) is 0 Å². The fourth-order valence-corrected chi connectivity index (χ4v) is 3.51. The second kappa shape index (κ2) is 4.28. The molecule has 0 spiro atoms. The molecular formula is C14H21N3O. The molecule has 1 aromatic rings. The van der Waals surface area contributed by atoms with Crippen molar-refractivity contribution in [3.63, 3.8) is 0 Å². The third-order valence-corrected chi connectivity index (χ3v) is 4.58. The summed E-state index contributed by atoms with van der Waals surface area (Å²) in [6.07, 6.45) is 6.93. The normalized spacial score (nSPS) is 36.6. The number of aromatic nitrogens is 2. The Morgan fingerprint density at radius 3 is 2.61 bits per heavy atom. The zero-order valence-corrected chi connectivity index (χ0v) is 11.1. The van der Waals surface area contributed by atoms with Gasteiger partial charge in [0, 0.05) is 24.0 Å². The molecule has 2 fully saturated rings. The maximum atomic E-state index is 10.9. The number of piperidine rings is 2. The number of fused-ring (bicyclic) bond motifs is 2. The molecule has 2 unspecified atom stereocenters. The summed E-state index contributed by atoms with van der Waals surface area (Å²) in [5, 5.41) is 10.9. The molecule has 0 aliphatic carbocycles. The van der Waals surface area contributed by atoms with Crippen LogP contribution in [0.4, 0.5) is 0 Å². The van der Waals surface area contributed by atoms with E-state index in [1.54, 1.807) is 6.20 Å². The smallest absolute Gasteiger partial charge is 0.160 e. The van der Waals surface area contributed by atoms with Crippen molar-refractivity contribution in [2.24, 2.45) is 0 Å². The van der Waals surface area contributed by atoms with Crippen molar-refractivity contribution in [3.05, 3.63) is 23.8 Å². The summed E-state index contributed by atoms with van der Waals surface area (Å²) in [5.74, 6) is 0.618. The lowest BCUT2D eigenvalue weighted by molar-refractivity contribution is -0.0925. The topological polar surface area (TPSA) is 49.3 Å². The Balaban J connectivity index is 1.92. The molecular weight excluding hydrogens is 226 g/mol. The molecule has 0 saturated carbocycles. The molecule has 2 aliphatic heterocycles. The van der Waals surface area contributed by atoms with E-state index < -0.39 is 5.60 Å². The lowest BCUT2D eigenvalue weighted by Gasteiger charge is -2.49. The maximum Gasteiger partial charge on any atom is 0.160 e. The third-order valence-electron chi connectivity index (χ3n) is 4.58. The van der Waals surface area contributed by atoms with E-state index in [0.29, 0.717) is 17.9 Å². The Labute approximate surface area is 108 Å². The maximum absolute atomic E-state index is 10.9. The van der Waals surface area contributed by atoms with Crippen LogP contribution in [-0.4, -0.2) is 39.1 Å². The average Bonchev–Trinajstić information content (AvgIpc) is 2.31. The van der Waals surface area contributed by atoms with Crippen LogP contribution in [0.5, 0.6) is 0 Å². The zero-order chi connectivity index (χ0) is 12.8. The van der Waals surface area contributed by atoms with Crippen molar-refractivity contribution >= 4 is 0 Å². The van der Waals surface area contributed by atoms with Gasteiger partial charge in [0.25, 0.3) is 0 Å². The molecule has 3 heterocycles. The van der Waals surface area contributed by atoms with Gasteiger partial charge in [0.2, 0.25) is 0 Å². The van der Waals surface area contributed by atoms with Gasteiger partial charge in [-0.3, -0.25) is 0 Å². The molecule has 2 atom stereocenters. The fraction of sp³-hybridized carbons (Fsp3) is 0.714. The second-order valence-corrected chi connectivity index (χ2v) is 5.87. The highest BCUT2D eigenvalue weighted by Gasteiger charge is 2.46. The Bertz CT molecular complexity index is 434. The summed E-state index contributed by atoms with van der Waals surface area (Å²) >= 11 is 0. The molecule has 4 heteroatoms. The summed E-state index contributed by atoms with van der Waals surface area (Å²) in [7, 11) is 2.19. The van der Waals surface area contributed by atoms with E-state index in [1.807, 2.05) is 13.0 Å². The summed E-state index contributed by atoms with van der Waals surface area (Å²) < 4.78 is 0. The van der Waals surface area contributed by atoms with Gasteiger partial charge in [-0.05, 0) is 45.7 Å². The van der Waals surface area contributed by atoms with E-state index >= 15 is 0 Å². The van der Waals surface area contributed by atoms with Crippen LogP contribution in [0.15, 0.2) is 12.3 Å². The van der Waals surface area contributed by atoms with Crippen molar-refractivity contribution in [1.82, 2.24) is 14.9 Å². The van der Waals surface area contributed by atoms with Crippen LogP contribution >= 0.6 is 0 Å². The number of hydrogen-bond donors (Lipinski definition) is 1. The minimum Gasteiger partial charge on any atom is -0.382 e. The highest BCUT2D eigenvalue weighted by Crippen LogP contribution is 2.42. The largest absolute Gasteiger partial charge is 0.382 e. The summed E-state index contributed by atoms with van der Waals surface area (Å²) in [4.78, 5) is 11.2. The van der Waals surface area contributed by atoms with Gasteiger partial charge < -0.3 is 10.0 Å². The van der Waals surface area contributed by atoms with E-state index in [9.17, 15) is 5.11 Å². The van der Waals surface area contributed by atoms with Crippen LogP contribution in [-0.2, 0) is 5.60 Å². The Hall–Kier alpha value is -1.00. The van der Waals surface area contributed by atoms with Crippen molar-refractivity contribution in [2.45, 2.75) is 56.7 Å². The molecule has 0 radical (unpaired) electrons. The third kappa shape index (κ3) is 1.93. The lowest BCUT2D eigenvalue weighted by Crippen LogP contribution is -2.55. The average molecular weight is 247 g/mol. The molecule has 2 saturated heterocycles. The van der Waals surface area contributed by atoms with Gasteiger partial charge in [0.15, 0.2) is 5.82 Å². The summed E-state index contributed by atoms with van der Waals surface area (Å²) in [5.41, 5.74) is 0.103. The second-order valence-electron chi connectivity index (χ2n) is 5.87. The van der Waals surface area contributed by atoms with Crippen molar-refractivity contribution in [1.29, 1.82) is 0 Å². The predicted molar refractivity (Wildman–Crippen MR) is 69.1 cm³/mol. The Kier molecular flexibility index (Phi) is 2.87. The van der Waals surface area contributed by atoms with E-state index in [0.717, 1.165) is 18.5 Å². The van der Waals surface area contributed by atoms with Gasteiger partial charge in [0.1, 0.15) is 5.60 Å². The van der Waals surface area contributed by atoms with E-state index in [1.165, 1.54) is 19.3 Å². The van der Waals surface area contributed by atoms with Crippen LogP contribution in [0, 0.1) is 6.92 Å². The highest BCUT2D eigenvalue weighted by atomic mass is 16.3. The number of nitrogens with zero attached hydrogens (tertiary/aromatic N) is 3. The van der Waals surface area contributed by atoms with Crippen molar-refractivity contribution < 1.29 is 5.11 Å². The monoisotopic (exact) mass is 247 g/mol. The molecule has 4 nitrogen and oxygen atoms in total. The van der Waals surface area contributed by atoms with Crippen LogP contribution in [0.25, 0.3) is 0 Å². The summed E-state index contributed by atoms with van der Waals surface area (Å²) in [6.45, 7) is 1.95. The fourth-order valence-electron chi connectivity index (χ4n) is 3.51. The molecule has 1 aromatic heterocycles. The zero-order valence-electron chi connectivity index (χ0n) is 11.1. The SMILES string of the molecule is Cc1ccnc(C2(O)CC3CCCC(C2)N3C)n1. The number of hydrogen-bond acceptors (Lipinski definition) is 4. The van der Waals surface area contributed by atoms with Gasteiger partial charge in [-0.15, -0.1) is 0 Å². The molecule has 18 heavy (non-hydrogen) atoms. The van der Waals surface area contributed by atoms with Crippen LogP contribution in [0.2, 0.25) is 0 Å². The first-order valence-corrected chi connectivity index (χ1v) is 6.83. The minimum atomic E-state index is -0.825. The lowest BCUT2D eigenvalue weighted by atomic mass is 9.75. The molecule has 2 bridgehead atoms. The van der Waals surface area contributed by atoms with Gasteiger partial charge >= 0.3 is 0 Å². The number of aryl methyl sites for hydroxylation is 1. The molecule has 0 aromatic carbocycles. The van der Waals surface area contributed by atoms with Gasteiger partial charge in [-0.2, -0.15) is 0 Å². The number of rotatable bonds is 1. The van der Waals surface area contributed by atoms with Gasteiger partial charge in [0.05, 0.1) is 0 Å². The molecule has 98 valence electrons. The first kappa shape index (κ1) is 12.1. The van der Waals surface area contributed by atoms with Gasteiger partial charge in [-0.25, -0.2) is 9.97 Å². The highest BCUT2D eigenvalue weighted by molar-refractivity contribution is 5.11. The first-order chi connectivity index (χ1) is 8.58. The summed E-state index contributed by atoms with van der Waals surface area (Å²) in [6, 6.07) is 2.83. The van der Waals surface area contributed by atoms with E-state index in [2.05, 4.69) is 21.9 Å². The van der Waals surface area contributed by atoms with Crippen molar-refractivity contribution in [3.8, 4) is 0 Å². The van der Waals surface area contributed by atoms with E-state index in [-0.39, 0.29) is 0 Å². The van der Waals surface area contributed by atoms with Crippen LogP contribution < -0.4 is 0 Å². The number of aliphatic hydroxyl groups is 1. The molecule has 1 N–H and O–H groups in total. The minimum absolute atomic E-state index is 0.478. The first-order valence-electron chi connectivity index (χ1n) is 6.83. The van der Waals surface area contributed by atoms with Crippen LogP contribution in [0.3, 0.4) is 0 Å². The molecule has 2 aliphatic rings. The quantitative estimate of drug-likeness (QED) is 0.819. The van der Waals surface area contributed by atoms with Crippen LogP contribution in [0.1, 0.15) is 43.6 Å².